The van der Waals surface area contributed by atoms with Gasteiger partial charge in [0.2, 0.25) is 23.6 Å². The average molecular weight is 653 g/mol. The number of phenolic OH excluding ortho intramolecular Hbond substituents is 1. The molecule has 1 heterocycles. The molecule has 2 aromatic carbocycles. The summed E-state index contributed by atoms with van der Waals surface area (Å²) >= 11 is 0. The molecule has 4 amide bonds. The Morgan fingerprint density at radius 1 is 0.915 bits per heavy atom. The topological polar surface area (TPSA) is 256 Å². The number of aliphatic carboxylic acids is 1. The first kappa shape index (κ1) is 36.3. The van der Waals surface area contributed by atoms with E-state index in [9.17, 15) is 34.2 Å². The molecule has 1 aliphatic rings. The van der Waals surface area contributed by atoms with Gasteiger partial charge in [0.05, 0.1) is 6.04 Å². The van der Waals surface area contributed by atoms with Crippen LogP contribution in [0.25, 0.3) is 0 Å². The van der Waals surface area contributed by atoms with E-state index in [1.54, 1.807) is 42.5 Å². The van der Waals surface area contributed by atoms with Gasteiger partial charge in [-0.2, -0.15) is 0 Å². The number of likely N-dealkylation sites (tertiary alicyclic amines) is 1. The third-order valence-corrected chi connectivity index (χ3v) is 7.77. The first-order chi connectivity index (χ1) is 22.3. The normalized spacial score (nSPS) is 16.6. The van der Waals surface area contributed by atoms with Crippen LogP contribution in [0.4, 0.5) is 0 Å². The van der Waals surface area contributed by atoms with Gasteiger partial charge >= 0.3 is 5.97 Å². The van der Waals surface area contributed by atoms with E-state index in [0.29, 0.717) is 24.8 Å². The molecule has 0 spiro atoms. The number of nitrogens with zero attached hydrogens (tertiary/aromatic N) is 2. The summed E-state index contributed by atoms with van der Waals surface area (Å²) in [6.07, 6.45) is 1.45. The maximum atomic E-state index is 13.5. The van der Waals surface area contributed by atoms with Crippen LogP contribution in [0.3, 0.4) is 0 Å². The van der Waals surface area contributed by atoms with Crippen LogP contribution in [0, 0.1) is 0 Å². The second-order valence-electron chi connectivity index (χ2n) is 11.5. The second-order valence-corrected chi connectivity index (χ2v) is 11.5. The molecule has 1 fully saturated rings. The molecular weight excluding hydrogens is 608 g/mol. The van der Waals surface area contributed by atoms with Gasteiger partial charge in [-0.05, 0) is 62.3 Å². The summed E-state index contributed by atoms with van der Waals surface area (Å²) in [7, 11) is 0. The number of carbonyl (C=O) groups excluding carboxylic acids is 4. The lowest BCUT2D eigenvalue weighted by Crippen LogP contribution is -2.57. The Hall–Kier alpha value is -5.18. The summed E-state index contributed by atoms with van der Waals surface area (Å²) < 4.78 is 0. The van der Waals surface area contributed by atoms with Gasteiger partial charge in [0, 0.05) is 19.5 Å². The highest BCUT2D eigenvalue weighted by atomic mass is 16.4. The Kier molecular flexibility index (Phi) is 13.5. The number of carboxylic acids is 1. The summed E-state index contributed by atoms with van der Waals surface area (Å²) in [5.41, 5.74) is 18.3. The Morgan fingerprint density at radius 2 is 1.57 bits per heavy atom. The summed E-state index contributed by atoms with van der Waals surface area (Å²) in [6, 6.07) is 9.80. The van der Waals surface area contributed by atoms with Crippen molar-refractivity contribution < 1.29 is 34.2 Å². The Bertz CT molecular complexity index is 1420. The van der Waals surface area contributed by atoms with Crippen molar-refractivity contribution in [3.8, 4) is 5.75 Å². The maximum Gasteiger partial charge on any atom is 0.326 e. The minimum atomic E-state index is -1.25. The van der Waals surface area contributed by atoms with E-state index < -0.39 is 59.8 Å². The quantitative estimate of drug-likeness (QED) is 0.0630. The third kappa shape index (κ3) is 11.3. The van der Waals surface area contributed by atoms with Crippen LogP contribution in [0.15, 0.2) is 59.6 Å². The van der Waals surface area contributed by atoms with Gasteiger partial charge in [0.25, 0.3) is 0 Å². The van der Waals surface area contributed by atoms with Gasteiger partial charge < -0.3 is 48.3 Å². The van der Waals surface area contributed by atoms with E-state index in [1.807, 2.05) is 0 Å². The van der Waals surface area contributed by atoms with Crippen molar-refractivity contribution in [1.82, 2.24) is 20.9 Å². The first-order valence-corrected chi connectivity index (χ1v) is 15.4. The average Bonchev–Trinajstić information content (AvgIpc) is 3.53. The number of guanidine groups is 1. The fraction of sp³-hybridized carbons (Fsp3) is 0.438. The first-order valence-electron chi connectivity index (χ1n) is 15.4. The molecule has 0 bridgehead atoms. The van der Waals surface area contributed by atoms with E-state index in [2.05, 4.69) is 20.9 Å². The van der Waals surface area contributed by atoms with Crippen molar-refractivity contribution in [2.45, 2.75) is 75.7 Å². The molecule has 15 nitrogen and oxygen atoms in total. The standard InChI is InChI=1S/C32H44N8O7/c1-19(37-27(42)23(33)17-21-11-13-22(41)14-12-21)30(45)40-16-6-10-26(40)29(44)38-24(9-5-15-36-32(34)35)28(43)39-25(31(46)47)18-20-7-3-2-4-8-20/h2-4,7-8,11-14,19,23-26,41H,5-6,9-10,15-18,33H2,1H3,(H,37,42)(H,38,44)(H,39,43)(H,46,47)(H4,34,35,36)/t19-,23-,24-,25-,26-/m0/s1. The fourth-order valence-corrected chi connectivity index (χ4v) is 5.28. The zero-order valence-corrected chi connectivity index (χ0v) is 26.3. The predicted octanol–water partition coefficient (Wildman–Crippen LogP) is -0.892. The minimum absolute atomic E-state index is 0.0314. The largest absolute Gasteiger partial charge is 0.508 e. The van der Waals surface area contributed by atoms with Crippen molar-refractivity contribution in [2.75, 3.05) is 13.1 Å². The lowest BCUT2D eigenvalue weighted by molar-refractivity contribution is -0.143. The number of benzene rings is 2. The number of hydrogen-bond acceptors (Lipinski definition) is 8. The number of nitrogens with one attached hydrogen (secondary N) is 3. The van der Waals surface area contributed by atoms with E-state index in [4.69, 9.17) is 17.2 Å². The van der Waals surface area contributed by atoms with Crippen molar-refractivity contribution in [3.63, 3.8) is 0 Å². The highest BCUT2D eigenvalue weighted by Crippen LogP contribution is 2.19. The highest BCUT2D eigenvalue weighted by molar-refractivity contribution is 5.95. The van der Waals surface area contributed by atoms with Crippen LogP contribution in [0.2, 0.25) is 0 Å². The Labute approximate surface area is 273 Å². The molecule has 47 heavy (non-hydrogen) atoms. The number of aliphatic imine (C=N–C) groups is 1. The molecule has 0 unspecified atom stereocenters. The fourth-order valence-electron chi connectivity index (χ4n) is 5.28. The monoisotopic (exact) mass is 652 g/mol. The van der Waals surface area contributed by atoms with E-state index >= 15 is 0 Å². The van der Waals surface area contributed by atoms with Crippen LogP contribution < -0.4 is 33.2 Å². The summed E-state index contributed by atoms with van der Waals surface area (Å²) in [4.78, 5) is 70.3. The summed E-state index contributed by atoms with van der Waals surface area (Å²) in [5.74, 6) is -3.62. The summed E-state index contributed by atoms with van der Waals surface area (Å²) in [6.45, 7) is 1.93. The molecule has 0 radical (unpaired) electrons. The Morgan fingerprint density at radius 3 is 2.21 bits per heavy atom. The van der Waals surface area contributed by atoms with Crippen molar-refractivity contribution >= 4 is 35.6 Å². The van der Waals surface area contributed by atoms with Crippen molar-refractivity contribution in [3.05, 3.63) is 65.7 Å². The van der Waals surface area contributed by atoms with Crippen LogP contribution in [0.5, 0.6) is 5.75 Å². The number of amides is 4. The molecule has 0 saturated carbocycles. The molecule has 0 aliphatic carbocycles. The molecule has 15 heteroatoms. The van der Waals surface area contributed by atoms with Gasteiger partial charge in [0.1, 0.15) is 29.9 Å². The molecule has 254 valence electrons. The van der Waals surface area contributed by atoms with Crippen LogP contribution in [0.1, 0.15) is 43.7 Å². The van der Waals surface area contributed by atoms with Crippen LogP contribution in [-0.2, 0) is 36.8 Å². The third-order valence-electron chi connectivity index (χ3n) is 7.77. The minimum Gasteiger partial charge on any atom is -0.508 e. The van der Waals surface area contributed by atoms with Crippen LogP contribution in [-0.4, -0.2) is 94.0 Å². The number of phenols is 1. The zero-order valence-electron chi connectivity index (χ0n) is 26.3. The molecule has 11 N–H and O–H groups in total. The number of hydrogen-bond donors (Lipinski definition) is 8. The lowest BCUT2D eigenvalue weighted by Gasteiger charge is -2.29. The lowest BCUT2D eigenvalue weighted by atomic mass is 10.0. The second kappa shape index (κ2) is 17.5. The highest BCUT2D eigenvalue weighted by Gasteiger charge is 2.38. The Balaban J connectivity index is 1.65. The number of carbonyl (C=O) groups is 5. The molecule has 3 rings (SSSR count). The molecule has 5 atom stereocenters. The van der Waals surface area contributed by atoms with Gasteiger partial charge in [-0.25, -0.2) is 4.79 Å². The molecular formula is C32H44N8O7. The molecule has 0 aromatic heterocycles. The number of rotatable bonds is 16. The van der Waals surface area contributed by atoms with E-state index in [-0.39, 0.29) is 44.1 Å². The van der Waals surface area contributed by atoms with Gasteiger partial charge in [0.15, 0.2) is 5.96 Å². The number of carboxylic acid groups (broad SMARTS) is 1. The SMILES string of the molecule is C[C@H](NC(=O)[C@@H](N)Cc1ccc(O)cc1)C(=O)N1CCC[C@H]1C(=O)N[C@@H](CCCN=C(N)N)C(=O)N[C@@H](Cc1ccccc1)C(=O)O. The van der Waals surface area contributed by atoms with Crippen molar-refractivity contribution in [1.29, 1.82) is 0 Å². The van der Waals surface area contributed by atoms with Gasteiger partial charge in [-0.3, -0.25) is 24.2 Å². The zero-order chi connectivity index (χ0) is 34.5. The number of nitrogens with two attached hydrogens (primary N) is 3. The predicted molar refractivity (Wildman–Crippen MR) is 174 cm³/mol. The van der Waals surface area contributed by atoms with E-state index in [1.165, 1.54) is 24.0 Å². The van der Waals surface area contributed by atoms with Crippen LogP contribution >= 0.6 is 0 Å². The van der Waals surface area contributed by atoms with E-state index in [0.717, 1.165) is 5.56 Å². The van der Waals surface area contributed by atoms with Crippen molar-refractivity contribution in [2.24, 2.45) is 22.2 Å². The molecule has 1 aliphatic heterocycles. The maximum absolute atomic E-state index is 13.5. The molecule has 2 aromatic rings. The smallest absolute Gasteiger partial charge is 0.326 e. The summed E-state index contributed by atoms with van der Waals surface area (Å²) in [5, 5.41) is 27.1. The number of aromatic hydroxyl groups is 1. The van der Waals surface area contributed by atoms with Gasteiger partial charge in [-0.1, -0.05) is 42.5 Å². The molecule has 1 saturated heterocycles. The van der Waals surface area contributed by atoms with Gasteiger partial charge in [-0.15, -0.1) is 0 Å².